The lowest BCUT2D eigenvalue weighted by atomic mass is 10.2. The number of ether oxygens (including phenoxy) is 4. The molecule has 0 bridgehead atoms. The van der Waals surface area contributed by atoms with Gasteiger partial charge in [-0.3, -0.25) is 38.1 Å². The van der Waals surface area contributed by atoms with Crippen LogP contribution in [0.4, 0.5) is 11.4 Å². The molecule has 10 rings (SSSR count). The van der Waals surface area contributed by atoms with Crippen LogP contribution in [0.15, 0.2) is 130 Å². The topological polar surface area (TPSA) is 128 Å². The van der Waals surface area contributed by atoms with Gasteiger partial charge in [0.25, 0.3) is 11.1 Å². The molecule has 2 fully saturated rings. The predicted octanol–water partition coefficient (Wildman–Crippen LogP) is 9.58. The molecule has 16 heteroatoms. The molecule has 14 nitrogen and oxygen atoms in total. The second-order valence-corrected chi connectivity index (χ2v) is 20.7. The second kappa shape index (κ2) is 23.9. The largest absolute Gasteiger partial charge is 0.494 e. The van der Waals surface area contributed by atoms with Crippen LogP contribution in [0.25, 0.3) is 42.0 Å². The van der Waals surface area contributed by atoms with Crippen molar-refractivity contribution < 1.29 is 28.5 Å². The average molecular weight is 1020 g/mol. The number of hydrogen-bond donors (Lipinski definition) is 0. The fourth-order valence-corrected chi connectivity index (χ4v) is 11.6. The van der Waals surface area contributed by atoms with Gasteiger partial charge in [0.15, 0.2) is 13.5 Å². The number of fused-ring (bicyclic) bond motifs is 4. The molecular formula is C57H62N6O8S2. The maximum Gasteiger partial charge on any atom is 0.307 e. The van der Waals surface area contributed by atoms with E-state index in [4.69, 9.17) is 18.9 Å². The normalized spacial score (nSPS) is 14.6. The Bertz CT molecular complexity index is 3080. The predicted molar refractivity (Wildman–Crippen MR) is 293 cm³/mol. The molecule has 0 unspecified atom stereocenters. The minimum Gasteiger partial charge on any atom is -0.494 e. The number of hydrogen-bond acceptors (Lipinski definition) is 14. The van der Waals surface area contributed by atoms with E-state index in [1.54, 1.807) is 34.8 Å². The van der Waals surface area contributed by atoms with Gasteiger partial charge in [-0.1, -0.05) is 12.1 Å². The molecule has 2 aliphatic heterocycles. The van der Waals surface area contributed by atoms with Gasteiger partial charge < -0.3 is 28.7 Å². The summed E-state index contributed by atoms with van der Waals surface area (Å²) in [5, 5.41) is 8.63. The van der Waals surface area contributed by atoms with E-state index in [1.807, 2.05) is 36.4 Å². The van der Waals surface area contributed by atoms with Crippen LogP contribution in [-0.2, 0) is 32.5 Å². The van der Waals surface area contributed by atoms with Crippen molar-refractivity contribution in [1.29, 1.82) is 0 Å². The maximum absolute atomic E-state index is 13.0. The molecule has 8 aromatic rings. The monoisotopic (exact) mass is 1020 g/mol. The third-order valence-electron chi connectivity index (χ3n) is 14.0. The molecule has 0 aliphatic carbocycles. The van der Waals surface area contributed by atoms with Crippen LogP contribution in [0.2, 0.25) is 0 Å². The number of nitrogens with zero attached hydrogens (tertiary/aromatic N) is 6. The summed E-state index contributed by atoms with van der Waals surface area (Å²) in [6.07, 6.45) is 3.89. The van der Waals surface area contributed by atoms with Crippen LogP contribution in [0.3, 0.4) is 0 Å². The van der Waals surface area contributed by atoms with E-state index in [9.17, 15) is 19.2 Å². The average Bonchev–Trinajstić information content (AvgIpc) is 4.12. The maximum atomic E-state index is 13.0. The lowest BCUT2D eigenvalue weighted by Gasteiger charge is -2.36. The van der Waals surface area contributed by atoms with Gasteiger partial charge in [0.2, 0.25) is 0 Å². The Morgan fingerprint density at radius 1 is 0.479 bits per heavy atom. The summed E-state index contributed by atoms with van der Waals surface area (Å²) in [7, 11) is 0. The van der Waals surface area contributed by atoms with Crippen molar-refractivity contribution in [2.75, 3.05) is 88.5 Å². The first-order chi connectivity index (χ1) is 35.8. The van der Waals surface area contributed by atoms with Crippen molar-refractivity contribution in [3.8, 4) is 11.5 Å². The smallest absolute Gasteiger partial charge is 0.307 e. The Labute approximate surface area is 432 Å². The van der Waals surface area contributed by atoms with Gasteiger partial charge in [-0.2, -0.15) is 0 Å². The van der Waals surface area contributed by atoms with Crippen LogP contribution in [-0.4, -0.2) is 110 Å². The van der Waals surface area contributed by atoms with Crippen molar-refractivity contribution in [2.45, 2.75) is 58.4 Å². The van der Waals surface area contributed by atoms with Gasteiger partial charge in [0, 0.05) is 121 Å². The van der Waals surface area contributed by atoms with Crippen LogP contribution in [0.5, 0.6) is 11.5 Å². The fraction of sp³-hybridized carbons (Fsp3) is 0.368. The summed E-state index contributed by atoms with van der Waals surface area (Å²) in [6, 6.07) is 35.1. The van der Waals surface area contributed by atoms with E-state index in [2.05, 4.69) is 78.9 Å². The SMILES string of the molecule is O=C(CCCC(=O)OCn1c(=O)ccc2ccc(OCCCCN3CCN(c4cccc5sccc45)CC3)cc21)OCn1c(=O)ccc2ccc(OCCCCN3CCN(c4cccc5sccc45)CC3)cc21. The highest BCUT2D eigenvalue weighted by molar-refractivity contribution is 7.17. The van der Waals surface area contributed by atoms with Gasteiger partial charge in [-0.05, 0) is 140 Å². The molecule has 0 amide bonds. The Hall–Kier alpha value is -6.72. The minimum atomic E-state index is -0.551. The van der Waals surface area contributed by atoms with Gasteiger partial charge >= 0.3 is 11.9 Å². The summed E-state index contributed by atoms with van der Waals surface area (Å²) < 4.78 is 28.8. The van der Waals surface area contributed by atoms with Crippen molar-refractivity contribution in [3.63, 3.8) is 0 Å². The Balaban J connectivity index is 0.619. The lowest BCUT2D eigenvalue weighted by molar-refractivity contribution is -0.149. The molecule has 2 saturated heterocycles. The summed E-state index contributed by atoms with van der Waals surface area (Å²) in [5.74, 6) is 0.172. The Morgan fingerprint density at radius 2 is 0.918 bits per heavy atom. The van der Waals surface area contributed by atoms with Crippen molar-refractivity contribution >= 4 is 88.0 Å². The quantitative estimate of drug-likeness (QED) is 0.0474. The molecule has 6 heterocycles. The summed E-state index contributed by atoms with van der Waals surface area (Å²) in [6.45, 7) is 10.8. The molecule has 4 aromatic carbocycles. The molecule has 73 heavy (non-hydrogen) atoms. The number of unbranched alkanes of at least 4 members (excludes halogenated alkanes) is 2. The lowest BCUT2D eigenvalue weighted by Crippen LogP contribution is -2.46. The first-order valence-corrected chi connectivity index (χ1v) is 27.3. The highest BCUT2D eigenvalue weighted by Crippen LogP contribution is 2.33. The standard InChI is InChI=1S/C57H62N6O8S2/c64-54-20-16-42-14-18-44(68-34-3-1-24-58-26-30-60(31-27-58)48-8-5-10-52-46(48)22-36-72-52)38-50(42)62(54)40-70-56(66)12-7-13-57(67)71-41-63-51-39-45(19-15-43(51)17-21-55(63)65)69-35-4-2-25-59-28-32-61(33-29-59)49-9-6-11-53-47(49)23-37-73-53/h5-6,8-11,14-23,36-39H,1-4,7,12-13,24-35,40-41H2. The first kappa shape index (κ1) is 49.8. The highest BCUT2D eigenvalue weighted by Gasteiger charge is 2.21. The van der Waals surface area contributed by atoms with E-state index < -0.39 is 11.9 Å². The van der Waals surface area contributed by atoms with Crippen LogP contribution >= 0.6 is 22.7 Å². The van der Waals surface area contributed by atoms with Crippen molar-refractivity contribution in [2.24, 2.45) is 0 Å². The zero-order valence-electron chi connectivity index (χ0n) is 41.2. The molecule has 0 spiro atoms. The molecule has 4 aromatic heterocycles. The number of aromatic nitrogens is 2. The van der Waals surface area contributed by atoms with E-state index in [-0.39, 0.29) is 43.8 Å². The zero-order valence-corrected chi connectivity index (χ0v) is 42.8. The van der Waals surface area contributed by atoms with Crippen LogP contribution in [0.1, 0.15) is 44.9 Å². The number of benzene rings is 4. The van der Waals surface area contributed by atoms with Gasteiger partial charge in [0.1, 0.15) is 11.5 Å². The van der Waals surface area contributed by atoms with Crippen molar-refractivity contribution in [3.05, 3.63) is 141 Å². The number of carbonyl (C=O) groups is 2. The molecular weight excluding hydrogens is 961 g/mol. The molecule has 0 saturated carbocycles. The number of anilines is 2. The molecule has 0 atom stereocenters. The summed E-state index contributed by atoms with van der Waals surface area (Å²) in [4.78, 5) is 61.7. The van der Waals surface area contributed by atoms with Gasteiger partial charge in [-0.25, -0.2) is 0 Å². The van der Waals surface area contributed by atoms with E-state index in [0.717, 1.165) is 102 Å². The number of pyridine rings is 2. The van der Waals surface area contributed by atoms with E-state index >= 15 is 0 Å². The Morgan fingerprint density at radius 3 is 1.37 bits per heavy atom. The van der Waals surface area contributed by atoms with E-state index in [1.165, 1.54) is 52.8 Å². The molecule has 380 valence electrons. The first-order valence-electron chi connectivity index (χ1n) is 25.5. The van der Waals surface area contributed by atoms with Crippen molar-refractivity contribution in [1.82, 2.24) is 18.9 Å². The molecule has 0 radical (unpaired) electrons. The number of rotatable bonds is 22. The van der Waals surface area contributed by atoms with Gasteiger partial charge in [0.05, 0.1) is 24.2 Å². The molecule has 0 N–H and O–H groups in total. The van der Waals surface area contributed by atoms with E-state index in [0.29, 0.717) is 35.7 Å². The molecule has 2 aliphatic rings. The fourth-order valence-electron chi connectivity index (χ4n) is 9.96. The third-order valence-corrected chi connectivity index (χ3v) is 15.8. The number of piperazine rings is 2. The van der Waals surface area contributed by atoms with Crippen LogP contribution in [0, 0.1) is 0 Å². The number of carbonyl (C=O) groups excluding carboxylic acids is 2. The summed E-state index contributed by atoms with van der Waals surface area (Å²) >= 11 is 3.58. The number of thiophene rings is 2. The third kappa shape index (κ3) is 12.4. The highest BCUT2D eigenvalue weighted by atomic mass is 32.1. The van der Waals surface area contributed by atoms with Gasteiger partial charge in [-0.15, -0.1) is 22.7 Å². The zero-order chi connectivity index (χ0) is 49.9. The minimum absolute atomic E-state index is 0.0526. The second-order valence-electron chi connectivity index (χ2n) is 18.8. The summed E-state index contributed by atoms with van der Waals surface area (Å²) in [5.41, 5.74) is 3.24. The Kier molecular flexibility index (Phi) is 16.3. The van der Waals surface area contributed by atoms with Crippen LogP contribution < -0.4 is 30.4 Å². The number of esters is 2.